The number of halogens is 1. The minimum absolute atomic E-state index is 0.527. The minimum atomic E-state index is -0.922. The van der Waals surface area contributed by atoms with Gasteiger partial charge in [0.05, 0.1) is 0 Å². The first-order chi connectivity index (χ1) is 8.07. The number of rotatable bonds is 3. The van der Waals surface area contributed by atoms with E-state index in [0.717, 1.165) is 11.3 Å². The van der Waals surface area contributed by atoms with Gasteiger partial charge >= 0.3 is 5.97 Å². The van der Waals surface area contributed by atoms with Crippen LogP contribution < -0.4 is 0 Å². The molecule has 3 nitrogen and oxygen atoms in total. The molecular formula is C13H14ClNO2. The van der Waals surface area contributed by atoms with Gasteiger partial charge in [0.2, 0.25) is 0 Å². The van der Waals surface area contributed by atoms with Crippen LogP contribution in [0, 0.1) is 0 Å². The molecule has 1 aliphatic heterocycles. The normalized spacial score (nSPS) is 23.5. The highest BCUT2D eigenvalue weighted by atomic mass is 35.5. The molecule has 0 fully saturated rings. The van der Waals surface area contributed by atoms with Crippen LogP contribution in [0.15, 0.2) is 29.3 Å². The van der Waals surface area contributed by atoms with Crippen molar-refractivity contribution in [3.05, 3.63) is 34.9 Å². The summed E-state index contributed by atoms with van der Waals surface area (Å²) in [6.07, 6.45) is 1.82. The molecule has 0 saturated carbocycles. The number of aliphatic imine (C=N–C) groups is 1. The van der Waals surface area contributed by atoms with E-state index in [0.29, 0.717) is 24.3 Å². The summed E-state index contributed by atoms with van der Waals surface area (Å²) in [5.74, 6) is -0.830. The van der Waals surface area contributed by atoms with E-state index in [2.05, 4.69) is 4.99 Å². The van der Waals surface area contributed by atoms with Crippen LogP contribution in [-0.4, -0.2) is 22.3 Å². The quantitative estimate of drug-likeness (QED) is 0.897. The number of benzene rings is 1. The lowest BCUT2D eigenvalue weighted by molar-refractivity contribution is -0.143. The molecule has 1 N–H and O–H groups in total. The summed E-state index contributed by atoms with van der Waals surface area (Å²) >= 11 is 5.82. The third-order valence-corrected chi connectivity index (χ3v) is 3.54. The van der Waals surface area contributed by atoms with Crippen LogP contribution in [-0.2, 0) is 4.79 Å². The van der Waals surface area contributed by atoms with E-state index < -0.39 is 11.5 Å². The monoisotopic (exact) mass is 251 g/mol. The van der Waals surface area contributed by atoms with Crippen molar-refractivity contribution in [2.75, 3.05) is 0 Å². The summed E-state index contributed by atoms with van der Waals surface area (Å²) in [5, 5.41) is 9.92. The van der Waals surface area contributed by atoms with E-state index in [4.69, 9.17) is 11.6 Å². The second-order valence-electron chi connectivity index (χ2n) is 4.26. The maximum atomic E-state index is 11.3. The smallest absolute Gasteiger partial charge is 0.331 e. The molecule has 0 unspecified atom stereocenters. The van der Waals surface area contributed by atoms with E-state index in [9.17, 15) is 9.90 Å². The van der Waals surface area contributed by atoms with Crippen molar-refractivity contribution in [1.82, 2.24) is 0 Å². The second-order valence-corrected chi connectivity index (χ2v) is 4.69. The van der Waals surface area contributed by atoms with Crippen molar-refractivity contribution in [1.29, 1.82) is 0 Å². The first kappa shape index (κ1) is 12.1. The van der Waals surface area contributed by atoms with Gasteiger partial charge < -0.3 is 5.11 Å². The van der Waals surface area contributed by atoms with Crippen LogP contribution >= 0.6 is 11.6 Å². The molecule has 1 aromatic rings. The van der Waals surface area contributed by atoms with E-state index in [-0.39, 0.29) is 0 Å². The Morgan fingerprint density at radius 3 is 2.59 bits per heavy atom. The zero-order valence-corrected chi connectivity index (χ0v) is 10.4. The van der Waals surface area contributed by atoms with Gasteiger partial charge in [-0.2, -0.15) is 0 Å². The molecule has 17 heavy (non-hydrogen) atoms. The predicted octanol–water partition coefficient (Wildman–Crippen LogP) is 3.16. The lowest BCUT2D eigenvalue weighted by Crippen LogP contribution is -2.33. The van der Waals surface area contributed by atoms with Crippen LogP contribution in [0.1, 0.15) is 31.7 Å². The Hall–Kier alpha value is -1.35. The van der Waals surface area contributed by atoms with Crippen LogP contribution in [0.5, 0.6) is 0 Å². The Balaban J connectivity index is 2.33. The van der Waals surface area contributed by atoms with Gasteiger partial charge in [-0.25, -0.2) is 4.79 Å². The third-order valence-electron chi connectivity index (χ3n) is 3.28. The number of carbonyl (C=O) groups is 1. The molecule has 0 aromatic heterocycles. The summed E-state index contributed by atoms with van der Waals surface area (Å²) in [7, 11) is 0. The summed E-state index contributed by atoms with van der Waals surface area (Å²) in [5.41, 5.74) is 0.909. The SMILES string of the molecule is CC[C@]1(C(=O)O)CCC(c2ccc(Cl)cc2)=N1. The fourth-order valence-electron chi connectivity index (χ4n) is 2.11. The summed E-state index contributed by atoms with van der Waals surface area (Å²) in [6.45, 7) is 1.86. The minimum Gasteiger partial charge on any atom is -0.479 e. The average molecular weight is 252 g/mol. The zero-order valence-electron chi connectivity index (χ0n) is 9.61. The van der Waals surface area contributed by atoms with Crippen molar-refractivity contribution < 1.29 is 9.90 Å². The highest BCUT2D eigenvalue weighted by Crippen LogP contribution is 2.31. The van der Waals surface area contributed by atoms with Gasteiger partial charge in [-0.15, -0.1) is 0 Å². The van der Waals surface area contributed by atoms with Crippen molar-refractivity contribution in [2.24, 2.45) is 4.99 Å². The van der Waals surface area contributed by atoms with E-state index in [1.807, 2.05) is 19.1 Å². The number of hydrogen-bond acceptors (Lipinski definition) is 2. The van der Waals surface area contributed by atoms with Crippen molar-refractivity contribution in [3.63, 3.8) is 0 Å². The van der Waals surface area contributed by atoms with Gasteiger partial charge in [-0.3, -0.25) is 4.99 Å². The molecular weight excluding hydrogens is 238 g/mol. The highest BCUT2D eigenvalue weighted by molar-refractivity contribution is 6.30. The fraction of sp³-hybridized carbons (Fsp3) is 0.385. The number of nitrogens with zero attached hydrogens (tertiary/aromatic N) is 1. The molecule has 0 aliphatic carbocycles. The molecule has 2 rings (SSSR count). The Morgan fingerprint density at radius 1 is 1.47 bits per heavy atom. The van der Waals surface area contributed by atoms with Gasteiger partial charge in [0.1, 0.15) is 0 Å². The van der Waals surface area contributed by atoms with Gasteiger partial charge in [0.15, 0.2) is 5.54 Å². The highest BCUT2D eigenvalue weighted by Gasteiger charge is 2.40. The summed E-state index contributed by atoms with van der Waals surface area (Å²) in [6, 6.07) is 7.36. The van der Waals surface area contributed by atoms with Crippen molar-refractivity contribution in [2.45, 2.75) is 31.7 Å². The standard InChI is InChI=1S/C13H14ClNO2/c1-2-13(12(16)17)8-7-11(15-13)9-3-5-10(14)6-4-9/h3-6H,2,7-8H2,1H3,(H,16,17)/t13-/m1/s1. The number of carboxylic acids is 1. The number of hydrogen-bond donors (Lipinski definition) is 1. The molecule has 0 saturated heterocycles. The maximum absolute atomic E-state index is 11.3. The van der Waals surface area contributed by atoms with Gasteiger partial charge in [-0.1, -0.05) is 30.7 Å². The second kappa shape index (κ2) is 4.49. The fourth-order valence-corrected chi connectivity index (χ4v) is 2.23. The average Bonchev–Trinajstić information content (AvgIpc) is 2.75. The number of carboxylic acid groups (broad SMARTS) is 1. The lowest BCUT2D eigenvalue weighted by Gasteiger charge is -2.17. The summed E-state index contributed by atoms with van der Waals surface area (Å²) in [4.78, 5) is 15.7. The maximum Gasteiger partial charge on any atom is 0.331 e. The Kier molecular flexibility index (Phi) is 3.20. The Morgan fingerprint density at radius 2 is 2.12 bits per heavy atom. The Bertz CT molecular complexity index is 467. The molecule has 90 valence electrons. The van der Waals surface area contributed by atoms with Gasteiger partial charge in [0.25, 0.3) is 0 Å². The molecule has 0 spiro atoms. The van der Waals surface area contributed by atoms with Crippen LogP contribution in [0.25, 0.3) is 0 Å². The first-order valence-electron chi connectivity index (χ1n) is 5.65. The molecule has 1 atom stereocenters. The van der Waals surface area contributed by atoms with Crippen molar-refractivity contribution in [3.8, 4) is 0 Å². The predicted molar refractivity (Wildman–Crippen MR) is 67.9 cm³/mol. The molecule has 0 amide bonds. The molecule has 1 aliphatic rings. The first-order valence-corrected chi connectivity index (χ1v) is 6.03. The topological polar surface area (TPSA) is 49.7 Å². The molecule has 0 bridgehead atoms. The van der Waals surface area contributed by atoms with Crippen LogP contribution in [0.3, 0.4) is 0 Å². The molecule has 1 heterocycles. The number of aliphatic carboxylic acids is 1. The van der Waals surface area contributed by atoms with Gasteiger partial charge in [0, 0.05) is 10.7 Å². The largest absolute Gasteiger partial charge is 0.479 e. The van der Waals surface area contributed by atoms with Crippen molar-refractivity contribution >= 4 is 23.3 Å². The molecule has 0 radical (unpaired) electrons. The van der Waals surface area contributed by atoms with Crippen LogP contribution in [0.2, 0.25) is 5.02 Å². The summed E-state index contributed by atoms with van der Waals surface area (Å²) < 4.78 is 0. The third kappa shape index (κ3) is 2.20. The lowest BCUT2D eigenvalue weighted by atomic mass is 9.94. The van der Waals surface area contributed by atoms with Gasteiger partial charge in [-0.05, 0) is 37.0 Å². The van der Waals surface area contributed by atoms with E-state index in [1.54, 1.807) is 12.1 Å². The zero-order chi connectivity index (χ0) is 12.5. The Labute approximate surface area is 105 Å². The molecule has 1 aromatic carbocycles. The van der Waals surface area contributed by atoms with Crippen LogP contribution in [0.4, 0.5) is 0 Å². The molecule has 4 heteroatoms. The van der Waals surface area contributed by atoms with E-state index >= 15 is 0 Å². The van der Waals surface area contributed by atoms with E-state index in [1.165, 1.54) is 0 Å².